The Labute approximate surface area is 172 Å². The van der Waals surface area contributed by atoms with Crippen molar-refractivity contribution in [2.45, 2.75) is 0 Å². The van der Waals surface area contributed by atoms with E-state index in [9.17, 15) is 4.79 Å². The number of methoxy groups -OCH3 is 1. The van der Waals surface area contributed by atoms with Crippen LogP contribution in [0.4, 0.5) is 11.4 Å². The standard InChI is InChI=1S/C24H27N3O2/c1-25-12-14-27(15-13-25)22-17-21(10-11-23(22)29-3)26(2)24(28)20-9-8-18-6-4-5-7-19(18)16-20/h4-11,16-17H,12-15H2,1-3H3. The Morgan fingerprint density at radius 2 is 1.66 bits per heavy atom. The van der Waals surface area contributed by atoms with Gasteiger partial charge < -0.3 is 19.4 Å². The van der Waals surface area contributed by atoms with Crippen LogP contribution >= 0.6 is 0 Å². The Morgan fingerprint density at radius 1 is 0.931 bits per heavy atom. The molecule has 1 aliphatic rings. The fraction of sp³-hybridized carbons (Fsp3) is 0.292. The second kappa shape index (κ2) is 8.13. The van der Waals surface area contributed by atoms with Crippen molar-refractivity contribution in [2.24, 2.45) is 0 Å². The first-order valence-electron chi connectivity index (χ1n) is 9.95. The van der Waals surface area contributed by atoms with Crippen molar-refractivity contribution >= 4 is 28.1 Å². The number of carbonyl (C=O) groups is 1. The predicted octanol–water partition coefficient (Wildman–Crippen LogP) is 3.88. The molecule has 1 fully saturated rings. The quantitative estimate of drug-likeness (QED) is 0.679. The first-order valence-corrected chi connectivity index (χ1v) is 9.95. The smallest absolute Gasteiger partial charge is 0.258 e. The SMILES string of the molecule is COc1ccc(N(C)C(=O)c2ccc3ccccc3c2)cc1N1CCN(C)CC1. The van der Waals surface area contributed by atoms with Crippen molar-refractivity contribution in [1.82, 2.24) is 4.90 Å². The molecule has 0 saturated carbocycles. The van der Waals surface area contributed by atoms with Gasteiger partial charge in [0, 0.05) is 44.5 Å². The number of amides is 1. The van der Waals surface area contributed by atoms with E-state index in [1.807, 2.05) is 55.6 Å². The van der Waals surface area contributed by atoms with Crippen molar-refractivity contribution in [3.8, 4) is 5.75 Å². The molecule has 3 aromatic rings. The maximum atomic E-state index is 13.1. The summed E-state index contributed by atoms with van der Waals surface area (Å²) in [7, 11) is 5.66. The van der Waals surface area contributed by atoms with Crippen LogP contribution in [0.25, 0.3) is 10.8 Å². The Kier molecular flexibility index (Phi) is 5.41. The molecule has 0 unspecified atom stereocenters. The minimum atomic E-state index is -0.0229. The second-order valence-electron chi connectivity index (χ2n) is 7.57. The topological polar surface area (TPSA) is 36.0 Å². The molecule has 5 heteroatoms. The van der Waals surface area contributed by atoms with Crippen molar-refractivity contribution in [3.05, 3.63) is 66.2 Å². The number of benzene rings is 3. The van der Waals surface area contributed by atoms with Gasteiger partial charge in [0.25, 0.3) is 5.91 Å². The first kappa shape index (κ1) is 19.3. The van der Waals surface area contributed by atoms with Crippen LogP contribution in [0.3, 0.4) is 0 Å². The van der Waals surface area contributed by atoms with Gasteiger partial charge >= 0.3 is 0 Å². The summed E-state index contributed by atoms with van der Waals surface area (Å²) in [5, 5.41) is 2.20. The van der Waals surface area contributed by atoms with Gasteiger partial charge in [0.1, 0.15) is 5.75 Å². The molecule has 5 nitrogen and oxygen atoms in total. The molecule has 0 bridgehead atoms. The van der Waals surface area contributed by atoms with Crippen LogP contribution in [-0.4, -0.2) is 58.2 Å². The van der Waals surface area contributed by atoms with Crippen molar-refractivity contribution < 1.29 is 9.53 Å². The number of nitrogens with zero attached hydrogens (tertiary/aromatic N) is 3. The van der Waals surface area contributed by atoms with E-state index in [1.165, 1.54) is 0 Å². The molecule has 0 radical (unpaired) electrons. The molecule has 0 spiro atoms. The highest BCUT2D eigenvalue weighted by Gasteiger charge is 2.20. The van der Waals surface area contributed by atoms with E-state index >= 15 is 0 Å². The van der Waals surface area contributed by atoms with Crippen LogP contribution in [0, 0.1) is 0 Å². The van der Waals surface area contributed by atoms with Crippen molar-refractivity contribution in [3.63, 3.8) is 0 Å². The molecule has 1 heterocycles. The molecule has 0 atom stereocenters. The maximum absolute atomic E-state index is 13.1. The summed E-state index contributed by atoms with van der Waals surface area (Å²) in [5.41, 5.74) is 2.58. The summed E-state index contributed by atoms with van der Waals surface area (Å²) < 4.78 is 5.59. The molecular formula is C24H27N3O2. The molecule has 150 valence electrons. The zero-order valence-electron chi connectivity index (χ0n) is 17.3. The zero-order valence-corrected chi connectivity index (χ0v) is 17.3. The maximum Gasteiger partial charge on any atom is 0.258 e. The lowest BCUT2D eigenvalue weighted by Crippen LogP contribution is -2.44. The van der Waals surface area contributed by atoms with Gasteiger partial charge in [0.2, 0.25) is 0 Å². The van der Waals surface area contributed by atoms with E-state index in [4.69, 9.17) is 4.74 Å². The Hall–Kier alpha value is -3.05. The highest BCUT2D eigenvalue weighted by Crippen LogP contribution is 2.33. The highest BCUT2D eigenvalue weighted by molar-refractivity contribution is 6.08. The van der Waals surface area contributed by atoms with Gasteiger partial charge in [-0.15, -0.1) is 0 Å². The van der Waals surface area contributed by atoms with Gasteiger partial charge in [-0.3, -0.25) is 4.79 Å². The monoisotopic (exact) mass is 389 g/mol. The van der Waals surface area contributed by atoms with E-state index in [0.29, 0.717) is 5.56 Å². The van der Waals surface area contributed by atoms with Gasteiger partial charge in [-0.05, 0) is 48.2 Å². The van der Waals surface area contributed by atoms with Crippen molar-refractivity contribution in [1.29, 1.82) is 0 Å². The Balaban J connectivity index is 1.62. The van der Waals surface area contributed by atoms with Crippen LogP contribution in [0.1, 0.15) is 10.4 Å². The summed E-state index contributed by atoms with van der Waals surface area (Å²) in [5.74, 6) is 0.815. The molecule has 1 saturated heterocycles. The minimum Gasteiger partial charge on any atom is -0.495 e. The third-order valence-corrected chi connectivity index (χ3v) is 5.69. The van der Waals surface area contributed by atoms with Crippen LogP contribution in [0.5, 0.6) is 5.75 Å². The van der Waals surface area contributed by atoms with Crippen LogP contribution in [0.2, 0.25) is 0 Å². The minimum absolute atomic E-state index is 0.0229. The number of fused-ring (bicyclic) bond motifs is 1. The fourth-order valence-electron chi connectivity index (χ4n) is 3.81. The fourth-order valence-corrected chi connectivity index (χ4v) is 3.81. The van der Waals surface area contributed by atoms with E-state index < -0.39 is 0 Å². The van der Waals surface area contributed by atoms with Gasteiger partial charge in [-0.25, -0.2) is 0 Å². The number of hydrogen-bond donors (Lipinski definition) is 0. The summed E-state index contributed by atoms with van der Waals surface area (Å²) in [6.07, 6.45) is 0. The third kappa shape index (κ3) is 3.91. The molecule has 29 heavy (non-hydrogen) atoms. The molecule has 0 aliphatic carbocycles. The van der Waals surface area contributed by atoms with Gasteiger partial charge in [-0.2, -0.15) is 0 Å². The summed E-state index contributed by atoms with van der Waals surface area (Å²) >= 11 is 0. The Morgan fingerprint density at radius 3 is 2.38 bits per heavy atom. The van der Waals surface area contributed by atoms with E-state index in [1.54, 1.807) is 12.0 Å². The number of hydrogen-bond acceptors (Lipinski definition) is 4. The second-order valence-corrected chi connectivity index (χ2v) is 7.57. The van der Waals surface area contributed by atoms with E-state index in [-0.39, 0.29) is 5.91 Å². The third-order valence-electron chi connectivity index (χ3n) is 5.69. The number of rotatable bonds is 4. The lowest BCUT2D eigenvalue weighted by molar-refractivity contribution is 0.0993. The molecule has 1 amide bonds. The average molecular weight is 389 g/mol. The van der Waals surface area contributed by atoms with Gasteiger partial charge in [0.15, 0.2) is 0 Å². The summed E-state index contributed by atoms with van der Waals surface area (Å²) in [6.45, 7) is 3.91. The van der Waals surface area contributed by atoms with Gasteiger partial charge in [0.05, 0.1) is 12.8 Å². The van der Waals surface area contributed by atoms with E-state index in [2.05, 4.69) is 29.0 Å². The largest absolute Gasteiger partial charge is 0.495 e. The van der Waals surface area contributed by atoms with Crippen molar-refractivity contribution in [2.75, 3.05) is 57.2 Å². The molecule has 4 rings (SSSR count). The first-order chi connectivity index (χ1) is 14.1. The van der Waals surface area contributed by atoms with E-state index in [0.717, 1.165) is 54.1 Å². The summed E-state index contributed by atoms with van der Waals surface area (Å²) in [6, 6.07) is 19.9. The molecule has 0 aromatic heterocycles. The zero-order chi connectivity index (χ0) is 20.4. The Bertz CT molecular complexity index is 1030. The molecule has 3 aromatic carbocycles. The van der Waals surface area contributed by atoms with Crippen LogP contribution in [-0.2, 0) is 0 Å². The van der Waals surface area contributed by atoms with Gasteiger partial charge in [-0.1, -0.05) is 30.3 Å². The average Bonchev–Trinajstić information content (AvgIpc) is 2.78. The molecule has 1 aliphatic heterocycles. The number of ether oxygens (including phenoxy) is 1. The summed E-state index contributed by atoms with van der Waals surface area (Å²) in [4.78, 5) is 19.5. The number of piperazine rings is 1. The predicted molar refractivity (Wildman–Crippen MR) is 119 cm³/mol. The lowest BCUT2D eigenvalue weighted by Gasteiger charge is -2.35. The normalized spacial score (nSPS) is 14.8. The molecule has 0 N–H and O–H groups in total. The van der Waals surface area contributed by atoms with Crippen LogP contribution < -0.4 is 14.5 Å². The highest BCUT2D eigenvalue weighted by atomic mass is 16.5. The number of anilines is 2. The lowest BCUT2D eigenvalue weighted by atomic mass is 10.1. The number of likely N-dealkylation sites (N-methyl/N-ethyl adjacent to an activating group) is 1. The number of carbonyl (C=O) groups excluding carboxylic acids is 1. The van der Waals surface area contributed by atoms with Crippen LogP contribution in [0.15, 0.2) is 60.7 Å². The molecular weight excluding hydrogens is 362 g/mol.